The van der Waals surface area contributed by atoms with E-state index in [1.54, 1.807) is 0 Å². The van der Waals surface area contributed by atoms with E-state index in [0.29, 0.717) is 31.3 Å². The first-order valence-electron chi connectivity index (χ1n) is 8.11. The van der Waals surface area contributed by atoms with Crippen LogP contribution in [0.5, 0.6) is 0 Å². The molecule has 0 spiro atoms. The Bertz CT molecular complexity index is 258. The second-order valence-electron chi connectivity index (χ2n) is 5.65. The van der Waals surface area contributed by atoms with Crippen molar-refractivity contribution in [2.75, 3.05) is 33.4 Å². The van der Waals surface area contributed by atoms with Crippen LogP contribution < -0.4 is 0 Å². The van der Waals surface area contributed by atoms with Gasteiger partial charge in [0.15, 0.2) is 6.29 Å². The van der Waals surface area contributed by atoms with Crippen molar-refractivity contribution >= 4 is 5.78 Å². The summed E-state index contributed by atoms with van der Waals surface area (Å²) in [5, 5.41) is 0. The zero-order chi connectivity index (χ0) is 14.8. The predicted octanol–water partition coefficient (Wildman–Crippen LogP) is 2.86. The Morgan fingerprint density at radius 2 is 1.75 bits per heavy atom. The van der Waals surface area contributed by atoms with Crippen LogP contribution in [-0.2, 0) is 14.3 Å². The van der Waals surface area contributed by atoms with Crippen LogP contribution in [0.4, 0.5) is 0 Å². The maximum Gasteiger partial charge on any atom is 0.170 e. The topological polar surface area (TPSA) is 38.8 Å². The van der Waals surface area contributed by atoms with Crippen LogP contribution in [0.15, 0.2) is 0 Å². The molecular formula is C16H31NO3. The Morgan fingerprint density at radius 1 is 1.15 bits per heavy atom. The lowest BCUT2D eigenvalue weighted by atomic mass is 9.85. The Balaban J connectivity index is 2.23. The minimum absolute atomic E-state index is 0.181. The molecule has 0 N–H and O–H groups in total. The van der Waals surface area contributed by atoms with E-state index in [1.807, 2.05) is 20.9 Å². The molecule has 0 radical (unpaired) electrons. The molecule has 0 aromatic heterocycles. The number of rotatable bonds is 10. The summed E-state index contributed by atoms with van der Waals surface area (Å²) in [5.41, 5.74) is 0. The molecule has 0 aromatic carbocycles. The number of hydrogen-bond acceptors (Lipinski definition) is 4. The molecule has 1 aliphatic rings. The van der Waals surface area contributed by atoms with E-state index < -0.39 is 0 Å². The van der Waals surface area contributed by atoms with Gasteiger partial charge in [-0.2, -0.15) is 0 Å². The van der Waals surface area contributed by atoms with E-state index in [1.165, 1.54) is 19.3 Å². The van der Waals surface area contributed by atoms with Crippen molar-refractivity contribution in [2.24, 2.45) is 5.92 Å². The van der Waals surface area contributed by atoms with Gasteiger partial charge in [-0.15, -0.1) is 0 Å². The Labute approximate surface area is 123 Å². The van der Waals surface area contributed by atoms with Crippen molar-refractivity contribution in [1.82, 2.24) is 4.90 Å². The molecule has 0 aromatic rings. The minimum atomic E-state index is -0.181. The standard InChI is InChI=1S/C16H31NO3/c1-4-19-16(20-5-2)13-17(3)12-11-15(18)14-9-7-6-8-10-14/h14,16H,4-13H2,1-3H3. The molecule has 0 heterocycles. The molecule has 0 aliphatic heterocycles. The third-order valence-corrected chi connectivity index (χ3v) is 3.97. The fourth-order valence-electron chi connectivity index (χ4n) is 2.80. The lowest BCUT2D eigenvalue weighted by Gasteiger charge is -2.25. The van der Waals surface area contributed by atoms with Gasteiger partial charge >= 0.3 is 0 Å². The molecule has 0 saturated heterocycles. The molecule has 1 fully saturated rings. The number of Topliss-reactive ketones (excluding diaryl/α,β-unsaturated/α-hetero) is 1. The summed E-state index contributed by atoms with van der Waals surface area (Å²) in [5.74, 6) is 0.771. The minimum Gasteiger partial charge on any atom is -0.352 e. The smallest absolute Gasteiger partial charge is 0.170 e. The van der Waals surface area contributed by atoms with Crippen molar-refractivity contribution in [3.8, 4) is 0 Å². The average Bonchev–Trinajstić information content (AvgIpc) is 2.46. The fourth-order valence-corrected chi connectivity index (χ4v) is 2.80. The maximum absolute atomic E-state index is 12.2. The SMILES string of the molecule is CCOC(CN(C)CCC(=O)C1CCCCC1)OCC. The van der Waals surface area contributed by atoms with Crippen molar-refractivity contribution in [3.05, 3.63) is 0 Å². The van der Waals surface area contributed by atoms with Gasteiger partial charge in [-0.3, -0.25) is 4.79 Å². The van der Waals surface area contributed by atoms with Crippen molar-refractivity contribution in [2.45, 2.75) is 58.7 Å². The number of hydrogen-bond donors (Lipinski definition) is 0. The highest BCUT2D eigenvalue weighted by molar-refractivity contribution is 5.81. The van der Waals surface area contributed by atoms with Crippen molar-refractivity contribution < 1.29 is 14.3 Å². The van der Waals surface area contributed by atoms with Crippen LogP contribution in [-0.4, -0.2) is 50.3 Å². The molecule has 4 nitrogen and oxygen atoms in total. The molecule has 1 rings (SSSR count). The van der Waals surface area contributed by atoms with E-state index in [-0.39, 0.29) is 6.29 Å². The zero-order valence-corrected chi connectivity index (χ0v) is 13.4. The van der Waals surface area contributed by atoms with Gasteiger partial charge in [0.2, 0.25) is 0 Å². The Hall–Kier alpha value is -0.450. The number of ketones is 1. The van der Waals surface area contributed by atoms with Gasteiger partial charge in [0.1, 0.15) is 5.78 Å². The molecule has 4 heteroatoms. The highest BCUT2D eigenvalue weighted by Crippen LogP contribution is 2.25. The predicted molar refractivity (Wildman–Crippen MR) is 80.7 cm³/mol. The molecular weight excluding hydrogens is 254 g/mol. The zero-order valence-electron chi connectivity index (χ0n) is 13.4. The number of nitrogens with zero attached hydrogens (tertiary/aromatic N) is 1. The average molecular weight is 285 g/mol. The van der Waals surface area contributed by atoms with E-state index >= 15 is 0 Å². The molecule has 1 aliphatic carbocycles. The first kappa shape index (κ1) is 17.6. The molecule has 1 saturated carbocycles. The summed E-state index contributed by atoms with van der Waals surface area (Å²) in [6.45, 7) is 6.77. The van der Waals surface area contributed by atoms with Crippen LogP contribution >= 0.6 is 0 Å². The Morgan fingerprint density at radius 3 is 2.30 bits per heavy atom. The number of carbonyl (C=O) groups is 1. The molecule has 0 bridgehead atoms. The van der Waals surface area contributed by atoms with E-state index in [4.69, 9.17) is 9.47 Å². The van der Waals surface area contributed by atoms with Gasteiger partial charge in [0.05, 0.1) is 0 Å². The highest BCUT2D eigenvalue weighted by atomic mass is 16.7. The maximum atomic E-state index is 12.2. The molecule has 0 atom stereocenters. The van der Waals surface area contributed by atoms with E-state index in [0.717, 1.165) is 25.9 Å². The van der Waals surface area contributed by atoms with E-state index in [9.17, 15) is 4.79 Å². The summed E-state index contributed by atoms with van der Waals surface area (Å²) in [6, 6.07) is 0. The molecule has 0 amide bonds. The summed E-state index contributed by atoms with van der Waals surface area (Å²) in [7, 11) is 2.03. The van der Waals surface area contributed by atoms with Gasteiger partial charge in [0.25, 0.3) is 0 Å². The summed E-state index contributed by atoms with van der Waals surface area (Å²) >= 11 is 0. The molecule has 0 unspecified atom stereocenters. The second kappa shape index (κ2) is 10.3. The normalized spacial score (nSPS) is 17.1. The van der Waals surface area contributed by atoms with Crippen LogP contribution in [0, 0.1) is 5.92 Å². The van der Waals surface area contributed by atoms with Crippen LogP contribution in [0.3, 0.4) is 0 Å². The quantitative estimate of drug-likeness (QED) is 0.579. The summed E-state index contributed by atoms with van der Waals surface area (Å²) < 4.78 is 11.1. The second-order valence-corrected chi connectivity index (χ2v) is 5.65. The van der Waals surface area contributed by atoms with Crippen LogP contribution in [0.25, 0.3) is 0 Å². The molecule has 20 heavy (non-hydrogen) atoms. The third-order valence-electron chi connectivity index (χ3n) is 3.97. The largest absolute Gasteiger partial charge is 0.352 e. The first-order valence-corrected chi connectivity index (χ1v) is 8.11. The third kappa shape index (κ3) is 6.82. The first-order chi connectivity index (χ1) is 9.67. The highest BCUT2D eigenvalue weighted by Gasteiger charge is 2.21. The lowest BCUT2D eigenvalue weighted by molar-refractivity contribution is -0.146. The van der Waals surface area contributed by atoms with Crippen LogP contribution in [0.2, 0.25) is 0 Å². The van der Waals surface area contributed by atoms with Crippen molar-refractivity contribution in [1.29, 1.82) is 0 Å². The van der Waals surface area contributed by atoms with Gasteiger partial charge < -0.3 is 14.4 Å². The summed E-state index contributed by atoms with van der Waals surface area (Å²) in [4.78, 5) is 14.3. The van der Waals surface area contributed by atoms with Crippen molar-refractivity contribution in [3.63, 3.8) is 0 Å². The number of carbonyl (C=O) groups excluding carboxylic acids is 1. The monoisotopic (exact) mass is 285 g/mol. The van der Waals surface area contributed by atoms with Crippen LogP contribution in [0.1, 0.15) is 52.4 Å². The number of ether oxygens (including phenoxy) is 2. The van der Waals surface area contributed by atoms with Gasteiger partial charge in [-0.25, -0.2) is 0 Å². The summed E-state index contributed by atoms with van der Waals surface area (Å²) in [6.07, 6.45) is 6.43. The van der Waals surface area contributed by atoms with Gasteiger partial charge in [-0.1, -0.05) is 19.3 Å². The van der Waals surface area contributed by atoms with E-state index in [2.05, 4.69) is 4.90 Å². The van der Waals surface area contributed by atoms with Gasteiger partial charge in [0, 0.05) is 38.6 Å². The molecule has 118 valence electrons. The van der Waals surface area contributed by atoms with Gasteiger partial charge in [-0.05, 0) is 33.7 Å². The fraction of sp³-hybridized carbons (Fsp3) is 0.938. The number of likely N-dealkylation sites (N-methyl/N-ethyl adjacent to an activating group) is 1. The Kier molecular flexibility index (Phi) is 9.07. The lowest BCUT2D eigenvalue weighted by Crippen LogP contribution is -2.35.